The number of hydrogen-bond acceptors (Lipinski definition) is 3. The Balaban J connectivity index is 1.46. The molecule has 126 valence electrons. The molecule has 2 amide bonds. The van der Waals surface area contributed by atoms with E-state index >= 15 is 0 Å². The van der Waals surface area contributed by atoms with Gasteiger partial charge in [-0.05, 0) is 37.8 Å². The van der Waals surface area contributed by atoms with Crippen molar-refractivity contribution in [1.82, 2.24) is 15.5 Å². The molecule has 3 rings (SSSR count). The molecule has 2 aliphatic rings. The zero-order valence-electron chi connectivity index (χ0n) is 14.0. The zero-order valence-corrected chi connectivity index (χ0v) is 14.0. The Bertz CT molecular complexity index is 518. The van der Waals surface area contributed by atoms with Gasteiger partial charge in [-0.3, -0.25) is 4.90 Å². The summed E-state index contributed by atoms with van der Waals surface area (Å²) in [7, 11) is 0. The second kappa shape index (κ2) is 7.32. The Morgan fingerprint density at radius 3 is 2.39 bits per heavy atom. The quantitative estimate of drug-likeness (QED) is 0.886. The second-order valence-corrected chi connectivity index (χ2v) is 6.67. The van der Waals surface area contributed by atoms with Gasteiger partial charge in [0.2, 0.25) is 0 Å². The number of urea groups is 1. The van der Waals surface area contributed by atoms with Gasteiger partial charge < -0.3 is 15.4 Å². The molecule has 23 heavy (non-hydrogen) atoms. The van der Waals surface area contributed by atoms with Crippen LogP contribution in [0.4, 0.5) is 4.79 Å². The minimum Gasteiger partial charge on any atom is -0.379 e. The van der Waals surface area contributed by atoms with E-state index in [0.717, 1.165) is 39.1 Å². The van der Waals surface area contributed by atoms with E-state index in [1.54, 1.807) is 0 Å². The molecule has 0 bridgehead atoms. The van der Waals surface area contributed by atoms with Crippen molar-refractivity contribution < 1.29 is 9.53 Å². The van der Waals surface area contributed by atoms with Crippen LogP contribution >= 0.6 is 0 Å². The molecule has 1 aliphatic heterocycles. The molecule has 0 unspecified atom stereocenters. The SMILES string of the molecule is C[C@@H](NC(=O)NC1Cc2ccccc2C1)[C@H](C)N1CCOCC1. The Morgan fingerprint density at radius 1 is 1.17 bits per heavy atom. The highest BCUT2D eigenvalue weighted by molar-refractivity contribution is 5.74. The van der Waals surface area contributed by atoms with Crippen LogP contribution in [0.15, 0.2) is 24.3 Å². The van der Waals surface area contributed by atoms with Crippen molar-refractivity contribution in [2.75, 3.05) is 26.3 Å². The summed E-state index contributed by atoms with van der Waals surface area (Å²) in [4.78, 5) is 14.7. The Morgan fingerprint density at radius 2 is 1.78 bits per heavy atom. The maximum atomic E-state index is 12.3. The third-order valence-electron chi connectivity index (χ3n) is 5.09. The maximum absolute atomic E-state index is 12.3. The fourth-order valence-corrected chi connectivity index (χ4v) is 3.52. The Labute approximate surface area is 138 Å². The summed E-state index contributed by atoms with van der Waals surface area (Å²) in [6.07, 6.45) is 1.86. The first-order valence-corrected chi connectivity index (χ1v) is 8.59. The number of hydrogen-bond donors (Lipinski definition) is 2. The molecular weight excluding hydrogens is 290 g/mol. The van der Waals surface area contributed by atoms with E-state index in [2.05, 4.69) is 53.6 Å². The van der Waals surface area contributed by atoms with Crippen LogP contribution in [0.5, 0.6) is 0 Å². The zero-order chi connectivity index (χ0) is 16.2. The van der Waals surface area contributed by atoms with E-state index in [4.69, 9.17) is 4.74 Å². The molecule has 0 radical (unpaired) electrons. The summed E-state index contributed by atoms with van der Waals surface area (Å²) in [5, 5.41) is 6.22. The van der Waals surface area contributed by atoms with Gasteiger partial charge in [0.25, 0.3) is 0 Å². The predicted octanol–water partition coefficient (Wildman–Crippen LogP) is 1.56. The fraction of sp³-hybridized carbons (Fsp3) is 0.611. The molecule has 2 N–H and O–H groups in total. The third-order valence-corrected chi connectivity index (χ3v) is 5.09. The van der Waals surface area contributed by atoms with Crippen molar-refractivity contribution in [2.24, 2.45) is 0 Å². The van der Waals surface area contributed by atoms with Gasteiger partial charge in [-0.1, -0.05) is 24.3 Å². The number of nitrogens with zero attached hydrogens (tertiary/aromatic N) is 1. The predicted molar refractivity (Wildman–Crippen MR) is 90.6 cm³/mol. The van der Waals surface area contributed by atoms with Gasteiger partial charge in [0, 0.05) is 31.2 Å². The number of fused-ring (bicyclic) bond motifs is 1. The van der Waals surface area contributed by atoms with Crippen molar-refractivity contribution in [3.05, 3.63) is 35.4 Å². The largest absolute Gasteiger partial charge is 0.379 e. The highest BCUT2D eigenvalue weighted by atomic mass is 16.5. The first-order valence-electron chi connectivity index (χ1n) is 8.59. The molecule has 1 aromatic rings. The molecule has 2 atom stereocenters. The summed E-state index contributed by atoms with van der Waals surface area (Å²) < 4.78 is 5.39. The van der Waals surface area contributed by atoms with Gasteiger partial charge in [0.05, 0.1) is 13.2 Å². The van der Waals surface area contributed by atoms with Gasteiger partial charge in [0.1, 0.15) is 0 Å². The van der Waals surface area contributed by atoms with E-state index in [0.29, 0.717) is 6.04 Å². The average Bonchev–Trinajstić information content (AvgIpc) is 2.96. The van der Waals surface area contributed by atoms with E-state index in [1.165, 1.54) is 11.1 Å². The van der Waals surface area contributed by atoms with Crippen LogP contribution in [0.25, 0.3) is 0 Å². The maximum Gasteiger partial charge on any atom is 0.315 e. The van der Waals surface area contributed by atoms with Crippen molar-refractivity contribution >= 4 is 6.03 Å². The van der Waals surface area contributed by atoms with Crippen LogP contribution in [0.1, 0.15) is 25.0 Å². The number of carbonyl (C=O) groups excluding carboxylic acids is 1. The fourth-order valence-electron chi connectivity index (χ4n) is 3.52. The monoisotopic (exact) mass is 317 g/mol. The van der Waals surface area contributed by atoms with E-state index < -0.39 is 0 Å². The molecule has 1 heterocycles. The molecule has 1 aromatic carbocycles. The lowest BCUT2D eigenvalue weighted by Crippen LogP contribution is -2.54. The van der Waals surface area contributed by atoms with E-state index in [1.807, 2.05) is 0 Å². The lowest BCUT2D eigenvalue weighted by molar-refractivity contribution is 0.0144. The molecule has 1 fully saturated rings. The molecular formula is C18H27N3O2. The molecule has 0 saturated carbocycles. The number of benzene rings is 1. The van der Waals surface area contributed by atoms with Gasteiger partial charge in [-0.25, -0.2) is 4.79 Å². The second-order valence-electron chi connectivity index (χ2n) is 6.67. The molecule has 5 nitrogen and oxygen atoms in total. The van der Waals surface area contributed by atoms with Crippen molar-refractivity contribution in [1.29, 1.82) is 0 Å². The van der Waals surface area contributed by atoms with Gasteiger partial charge >= 0.3 is 6.03 Å². The molecule has 0 aromatic heterocycles. The number of carbonyl (C=O) groups is 1. The van der Waals surface area contributed by atoms with E-state index in [9.17, 15) is 4.79 Å². The van der Waals surface area contributed by atoms with Crippen LogP contribution in [0.2, 0.25) is 0 Å². The lowest BCUT2D eigenvalue weighted by atomic mass is 10.1. The van der Waals surface area contributed by atoms with Gasteiger partial charge in [0.15, 0.2) is 0 Å². The lowest BCUT2D eigenvalue weighted by Gasteiger charge is -2.36. The minimum absolute atomic E-state index is 0.0598. The van der Waals surface area contributed by atoms with Crippen LogP contribution < -0.4 is 10.6 Å². The summed E-state index contributed by atoms with van der Waals surface area (Å²) >= 11 is 0. The summed E-state index contributed by atoms with van der Waals surface area (Å²) in [6, 6.07) is 8.99. The van der Waals surface area contributed by atoms with Crippen LogP contribution in [0.3, 0.4) is 0 Å². The summed E-state index contributed by atoms with van der Waals surface area (Å²) in [5.41, 5.74) is 2.71. The number of ether oxygens (including phenoxy) is 1. The number of morpholine rings is 1. The number of amides is 2. The van der Waals surface area contributed by atoms with Crippen LogP contribution in [-0.4, -0.2) is 55.4 Å². The van der Waals surface area contributed by atoms with Crippen molar-refractivity contribution in [3.8, 4) is 0 Å². The average molecular weight is 317 g/mol. The topological polar surface area (TPSA) is 53.6 Å². The Hall–Kier alpha value is -1.59. The minimum atomic E-state index is -0.0598. The number of nitrogens with one attached hydrogen (secondary N) is 2. The molecule has 0 spiro atoms. The van der Waals surface area contributed by atoms with Gasteiger partial charge in [-0.2, -0.15) is 0 Å². The van der Waals surface area contributed by atoms with Crippen molar-refractivity contribution in [2.45, 2.75) is 44.8 Å². The van der Waals surface area contributed by atoms with Crippen LogP contribution in [0, 0.1) is 0 Å². The standard InChI is InChI=1S/C18H27N3O2/c1-13(14(2)21-7-9-23-10-8-21)19-18(22)20-17-11-15-5-3-4-6-16(15)12-17/h3-6,13-14,17H,7-12H2,1-2H3,(H2,19,20,22)/t13-,14+/m1/s1. The first-order chi connectivity index (χ1) is 11.1. The Kier molecular flexibility index (Phi) is 5.18. The van der Waals surface area contributed by atoms with E-state index in [-0.39, 0.29) is 18.1 Å². The molecule has 1 saturated heterocycles. The molecule has 1 aliphatic carbocycles. The normalized spacial score (nSPS) is 21.5. The summed E-state index contributed by atoms with van der Waals surface area (Å²) in [5.74, 6) is 0. The number of rotatable bonds is 4. The first kappa shape index (κ1) is 16.3. The van der Waals surface area contributed by atoms with Crippen molar-refractivity contribution in [3.63, 3.8) is 0 Å². The summed E-state index contributed by atoms with van der Waals surface area (Å²) in [6.45, 7) is 7.68. The van der Waals surface area contributed by atoms with Gasteiger partial charge in [-0.15, -0.1) is 0 Å². The van der Waals surface area contributed by atoms with Crippen LogP contribution in [-0.2, 0) is 17.6 Å². The highest BCUT2D eigenvalue weighted by Gasteiger charge is 2.26. The third kappa shape index (κ3) is 4.03. The molecule has 5 heteroatoms. The smallest absolute Gasteiger partial charge is 0.315 e. The highest BCUT2D eigenvalue weighted by Crippen LogP contribution is 2.21.